The van der Waals surface area contributed by atoms with Crippen LogP contribution in [0, 0.1) is 11.6 Å². The second kappa shape index (κ2) is 7.18. The molecule has 3 aromatic rings. The number of fused-ring (bicyclic) bond motifs is 1. The molecule has 0 fully saturated rings. The molecule has 0 saturated carbocycles. The molecule has 27 heavy (non-hydrogen) atoms. The van der Waals surface area contributed by atoms with Gasteiger partial charge in [-0.3, -0.25) is 9.78 Å². The maximum absolute atomic E-state index is 13.7. The minimum atomic E-state index is -0.975. The van der Waals surface area contributed by atoms with Gasteiger partial charge in [-0.25, -0.2) is 13.8 Å². The quantitative estimate of drug-likeness (QED) is 0.764. The highest BCUT2D eigenvalue weighted by Gasteiger charge is 2.24. The molecule has 0 bridgehead atoms. The summed E-state index contributed by atoms with van der Waals surface area (Å²) in [6.45, 7) is 0.608. The molecule has 1 aliphatic heterocycles. The Bertz CT molecular complexity index is 975. The van der Waals surface area contributed by atoms with Crippen LogP contribution in [0.4, 0.5) is 8.78 Å². The van der Waals surface area contributed by atoms with Crippen molar-refractivity contribution >= 4 is 5.91 Å². The minimum Gasteiger partial charge on any atom is -0.348 e. The number of nitrogens with zero attached hydrogens (tertiary/aromatic N) is 5. The lowest BCUT2D eigenvalue weighted by Crippen LogP contribution is -2.36. The van der Waals surface area contributed by atoms with E-state index in [2.05, 4.69) is 25.5 Å². The number of nitrogens with one attached hydrogen (secondary N) is 1. The van der Waals surface area contributed by atoms with Crippen molar-refractivity contribution in [3.8, 4) is 11.4 Å². The molecular weight excluding hydrogens is 354 g/mol. The van der Waals surface area contributed by atoms with E-state index in [1.54, 1.807) is 12.4 Å². The summed E-state index contributed by atoms with van der Waals surface area (Å²) in [4.78, 5) is 19.9. The van der Waals surface area contributed by atoms with Crippen LogP contribution in [0.5, 0.6) is 0 Å². The molecule has 138 valence electrons. The van der Waals surface area contributed by atoms with Crippen molar-refractivity contribution in [3.05, 3.63) is 59.9 Å². The first-order valence-corrected chi connectivity index (χ1v) is 8.56. The third-order valence-corrected chi connectivity index (χ3v) is 4.52. The van der Waals surface area contributed by atoms with Crippen molar-refractivity contribution in [2.24, 2.45) is 0 Å². The summed E-state index contributed by atoms with van der Waals surface area (Å²) in [5.41, 5.74) is 0.465. The van der Waals surface area contributed by atoms with Gasteiger partial charge in [0.2, 0.25) is 0 Å². The molecule has 0 saturated heterocycles. The first kappa shape index (κ1) is 17.2. The second-order valence-corrected chi connectivity index (χ2v) is 6.31. The number of aryl methyl sites for hydroxylation is 1. The van der Waals surface area contributed by atoms with Gasteiger partial charge in [-0.2, -0.15) is 0 Å². The van der Waals surface area contributed by atoms with Crippen molar-refractivity contribution in [1.82, 2.24) is 30.0 Å². The lowest BCUT2D eigenvalue weighted by molar-refractivity contribution is 0.0923. The van der Waals surface area contributed by atoms with Crippen LogP contribution in [-0.2, 0) is 13.0 Å². The van der Waals surface area contributed by atoms with E-state index in [4.69, 9.17) is 0 Å². The third kappa shape index (κ3) is 3.53. The van der Waals surface area contributed by atoms with Crippen LogP contribution in [0.1, 0.15) is 29.2 Å². The fourth-order valence-electron chi connectivity index (χ4n) is 3.18. The Morgan fingerprint density at radius 3 is 2.89 bits per heavy atom. The highest BCUT2D eigenvalue weighted by Crippen LogP contribution is 2.22. The monoisotopic (exact) mass is 370 g/mol. The maximum Gasteiger partial charge on any atom is 0.273 e. The Hall–Kier alpha value is -3.23. The van der Waals surface area contributed by atoms with Crippen LogP contribution >= 0.6 is 0 Å². The number of amides is 1. The summed E-state index contributed by atoms with van der Waals surface area (Å²) >= 11 is 0. The van der Waals surface area contributed by atoms with Gasteiger partial charge in [0.25, 0.3) is 5.91 Å². The first-order chi connectivity index (χ1) is 13.1. The van der Waals surface area contributed by atoms with E-state index in [0.717, 1.165) is 23.4 Å². The Kier molecular flexibility index (Phi) is 4.57. The van der Waals surface area contributed by atoms with Gasteiger partial charge in [-0.1, -0.05) is 0 Å². The fraction of sp³-hybridized carbons (Fsp3) is 0.278. The summed E-state index contributed by atoms with van der Waals surface area (Å²) in [6, 6.07) is 4.22. The molecule has 0 radical (unpaired) electrons. The molecule has 1 N–H and O–H groups in total. The third-order valence-electron chi connectivity index (χ3n) is 4.52. The van der Waals surface area contributed by atoms with Crippen molar-refractivity contribution in [2.75, 3.05) is 0 Å². The van der Waals surface area contributed by atoms with Gasteiger partial charge in [0, 0.05) is 43.0 Å². The van der Waals surface area contributed by atoms with Gasteiger partial charge in [-0.05, 0) is 25.0 Å². The van der Waals surface area contributed by atoms with E-state index >= 15 is 0 Å². The van der Waals surface area contributed by atoms with Crippen molar-refractivity contribution in [3.63, 3.8) is 0 Å². The zero-order chi connectivity index (χ0) is 18.8. The first-order valence-electron chi connectivity index (χ1n) is 8.56. The molecule has 0 aliphatic carbocycles. The SMILES string of the molecule is O=C(NC1CCc2nnc(-c3cccnc3)n2CC1)c1ncc(F)cc1F. The molecular formula is C18H16F2N6O. The molecule has 1 unspecified atom stereocenters. The summed E-state index contributed by atoms with van der Waals surface area (Å²) in [7, 11) is 0. The fourth-order valence-corrected chi connectivity index (χ4v) is 3.18. The number of carbonyl (C=O) groups is 1. The summed E-state index contributed by atoms with van der Waals surface area (Å²) in [5, 5.41) is 11.3. The number of hydrogen-bond donors (Lipinski definition) is 1. The Labute approximate surface area is 153 Å². The summed E-state index contributed by atoms with van der Waals surface area (Å²) in [6.07, 6.45) is 6.14. The standard InChI is InChI=1S/C18H16F2N6O/c19-12-8-14(20)16(22-10-12)18(27)23-13-3-4-15-24-25-17(26(15)7-5-13)11-2-1-6-21-9-11/h1-2,6,8-10,13H,3-5,7H2,(H,23,27). The van der Waals surface area contributed by atoms with Crippen molar-refractivity contribution in [2.45, 2.75) is 31.8 Å². The van der Waals surface area contributed by atoms with Gasteiger partial charge >= 0.3 is 0 Å². The van der Waals surface area contributed by atoms with Gasteiger partial charge in [0.05, 0.1) is 6.20 Å². The number of halogens is 2. The molecule has 4 heterocycles. The average Bonchev–Trinajstić information content (AvgIpc) is 2.97. The average molecular weight is 370 g/mol. The van der Waals surface area contributed by atoms with E-state index in [0.29, 0.717) is 31.9 Å². The predicted molar refractivity (Wildman–Crippen MR) is 91.6 cm³/mol. The van der Waals surface area contributed by atoms with E-state index in [-0.39, 0.29) is 6.04 Å². The van der Waals surface area contributed by atoms with Gasteiger partial charge in [0.1, 0.15) is 11.6 Å². The smallest absolute Gasteiger partial charge is 0.273 e. The minimum absolute atomic E-state index is 0.174. The molecule has 0 spiro atoms. The Morgan fingerprint density at radius 2 is 2.11 bits per heavy atom. The zero-order valence-electron chi connectivity index (χ0n) is 14.3. The van der Waals surface area contributed by atoms with E-state index in [1.165, 1.54) is 0 Å². The van der Waals surface area contributed by atoms with Crippen molar-refractivity contribution in [1.29, 1.82) is 0 Å². The summed E-state index contributed by atoms with van der Waals surface area (Å²) < 4.78 is 28.7. The van der Waals surface area contributed by atoms with Crippen LogP contribution in [0.2, 0.25) is 0 Å². The zero-order valence-corrected chi connectivity index (χ0v) is 14.3. The number of hydrogen-bond acceptors (Lipinski definition) is 5. The molecule has 1 atom stereocenters. The highest BCUT2D eigenvalue weighted by molar-refractivity contribution is 5.92. The van der Waals surface area contributed by atoms with E-state index in [9.17, 15) is 13.6 Å². The summed E-state index contributed by atoms with van der Waals surface area (Å²) in [5.74, 6) is -0.882. The van der Waals surface area contributed by atoms with Crippen LogP contribution in [-0.4, -0.2) is 36.7 Å². The molecule has 1 amide bonds. The number of pyridine rings is 2. The molecule has 4 rings (SSSR count). The van der Waals surface area contributed by atoms with Gasteiger partial charge < -0.3 is 9.88 Å². The van der Waals surface area contributed by atoms with Gasteiger partial charge in [0.15, 0.2) is 17.3 Å². The normalized spacial score (nSPS) is 16.4. The Morgan fingerprint density at radius 1 is 1.22 bits per heavy atom. The predicted octanol–water partition coefficient (Wildman–Crippen LogP) is 2.15. The molecule has 0 aromatic carbocycles. The molecule has 3 aromatic heterocycles. The molecule has 1 aliphatic rings. The highest BCUT2D eigenvalue weighted by atomic mass is 19.1. The van der Waals surface area contributed by atoms with Crippen LogP contribution in [0.3, 0.4) is 0 Å². The van der Waals surface area contributed by atoms with E-state index < -0.39 is 23.2 Å². The second-order valence-electron chi connectivity index (χ2n) is 6.31. The van der Waals surface area contributed by atoms with Crippen molar-refractivity contribution < 1.29 is 13.6 Å². The maximum atomic E-state index is 13.7. The molecule has 7 nitrogen and oxygen atoms in total. The largest absolute Gasteiger partial charge is 0.348 e. The topological polar surface area (TPSA) is 85.6 Å². The Balaban J connectivity index is 1.48. The number of carbonyl (C=O) groups excluding carboxylic acids is 1. The lowest BCUT2D eigenvalue weighted by atomic mass is 10.1. The number of aromatic nitrogens is 5. The van der Waals surface area contributed by atoms with Crippen LogP contribution in [0.25, 0.3) is 11.4 Å². The van der Waals surface area contributed by atoms with Crippen LogP contribution in [0.15, 0.2) is 36.8 Å². The van der Waals surface area contributed by atoms with Gasteiger partial charge in [-0.15, -0.1) is 10.2 Å². The van der Waals surface area contributed by atoms with E-state index in [1.807, 2.05) is 16.7 Å². The van der Waals surface area contributed by atoms with Crippen LogP contribution < -0.4 is 5.32 Å². The molecule has 9 heteroatoms. The lowest BCUT2D eigenvalue weighted by Gasteiger charge is -2.16. The number of rotatable bonds is 3.